The number of fused-ring (bicyclic) bond motifs is 1. The highest BCUT2D eigenvalue weighted by Crippen LogP contribution is 2.30. The summed E-state index contributed by atoms with van der Waals surface area (Å²) in [6, 6.07) is 1.46. The highest BCUT2D eigenvalue weighted by atomic mass is 32.2. The van der Waals surface area contributed by atoms with Gasteiger partial charge in [0.1, 0.15) is 35.2 Å². The molecule has 14 nitrogen and oxygen atoms in total. The molecule has 0 unspecified atom stereocenters. The van der Waals surface area contributed by atoms with E-state index in [0.717, 1.165) is 12.4 Å². The molecule has 0 radical (unpaired) electrons. The molecule has 4 aromatic rings. The maximum Gasteiger partial charge on any atom is 0.277 e. The third-order valence-electron chi connectivity index (χ3n) is 7.24. The van der Waals surface area contributed by atoms with Crippen molar-refractivity contribution in [3.63, 3.8) is 0 Å². The molecule has 220 valence electrons. The fraction of sp³-hybridized carbons (Fsp3) is 0.500. The molecule has 1 aliphatic heterocycles. The third-order valence-corrected chi connectivity index (χ3v) is 9.10. The quantitative estimate of drug-likeness (QED) is 0.251. The van der Waals surface area contributed by atoms with E-state index in [9.17, 15) is 13.2 Å². The summed E-state index contributed by atoms with van der Waals surface area (Å²) in [7, 11) is -0.420. The Morgan fingerprint density at radius 3 is 2.54 bits per heavy atom. The van der Waals surface area contributed by atoms with Gasteiger partial charge in [-0.3, -0.25) is 4.79 Å². The van der Waals surface area contributed by atoms with E-state index in [1.165, 1.54) is 16.6 Å². The van der Waals surface area contributed by atoms with Crippen molar-refractivity contribution in [2.45, 2.75) is 31.7 Å². The van der Waals surface area contributed by atoms with Gasteiger partial charge in [-0.25, -0.2) is 28.1 Å². The molecule has 1 aliphatic rings. The van der Waals surface area contributed by atoms with Crippen LogP contribution in [0.4, 0.5) is 0 Å². The zero-order chi connectivity index (χ0) is 29.1. The molecule has 0 spiro atoms. The van der Waals surface area contributed by atoms with E-state index >= 15 is 0 Å². The standard InChI is InChI=1S/C26H35N9O5S/c1-5-20-22-23(35(31-20)17-21-27-7-8-32(21)3)25(36)30-24(29-22)19-15-18(16-28-26(19)40-14-13-39-4)41(37,38)34-11-9-33(6-2)10-12-34/h7-8,15-16H,5-6,9-14,17H2,1-4H3,(H,29,30,36). The molecule has 1 N–H and O–H groups in total. The van der Waals surface area contributed by atoms with Crippen molar-refractivity contribution >= 4 is 21.1 Å². The Bertz CT molecular complexity index is 1690. The lowest BCUT2D eigenvalue weighted by atomic mass is 10.2. The Balaban J connectivity index is 1.59. The van der Waals surface area contributed by atoms with Crippen molar-refractivity contribution in [3.05, 3.63) is 46.5 Å². The first-order valence-corrected chi connectivity index (χ1v) is 15.0. The Kier molecular flexibility index (Phi) is 8.49. The second-order valence-corrected chi connectivity index (χ2v) is 11.7. The Labute approximate surface area is 238 Å². The number of rotatable bonds is 11. The number of H-pyrrole nitrogens is 1. The van der Waals surface area contributed by atoms with Crippen LogP contribution in [0.2, 0.25) is 0 Å². The van der Waals surface area contributed by atoms with Crippen LogP contribution in [-0.4, -0.2) is 105 Å². The van der Waals surface area contributed by atoms with Crippen LogP contribution in [0.3, 0.4) is 0 Å². The summed E-state index contributed by atoms with van der Waals surface area (Å²) in [6.45, 7) is 7.69. The third kappa shape index (κ3) is 5.75. The number of nitrogens with zero attached hydrogens (tertiary/aromatic N) is 8. The number of methoxy groups -OCH3 is 1. The van der Waals surface area contributed by atoms with Crippen molar-refractivity contribution in [1.82, 2.24) is 43.5 Å². The molecule has 0 saturated carbocycles. The van der Waals surface area contributed by atoms with Gasteiger partial charge in [0.05, 0.1) is 24.1 Å². The Morgan fingerprint density at radius 1 is 1.10 bits per heavy atom. The summed E-state index contributed by atoms with van der Waals surface area (Å²) in [4.78, 5) is 32.0. The summed E-state index contributed by atoms with van der Waals surface area (Å²) in [5.74, 6) is 1.01. The molecule has 0 bridgehead atoms. The van der Waals surface area contributed by atoms with E-state index in [0.29, 0.717) is 55.9 Å². The van der Waals surface area contributed by atoms with Crippen LogP contribution in [0.15, 0.2) is 34.3 Å². The van der Waals surface area contributed by atoms with Crippen LogP contribution < -0.4 is 10.3 Å². The lowest BCUT2D eigenvalue weighted by molar-refractivity contribution is 0.144. The van der Waals surface area contributed by atoms with Gasteiger partial charge in [0.25, 0.3) is 5.56 Å². The van der Waals surface area contributed by atoms with Gasteiger partial charge in [0.15, 0.2) is 5.52 Å². The minimum Gasteiger partial charge on any atom is -0.475 e. The van der Waals surface area contributed by atoms with Gasteiger partial charge in [-0.15, -0.1) is 0 Å². The van der Waals surface area contributed by atoms with E-state index in [4.69, 9.17) is 14.5 Å². The Hall–Kier alpha value is -3.66. The maximum atomic E-state index is 13.6. The van der Waals surface area contributed by atoms with Crippen LogP contribution in [-0.2, 0) is 34.8 Å². The molecule has 4 aromatic heterocycles. The molecule has 0 atom stereocenters. The number of hydrogen-bond donors (Lipinski definition) is 1. The highest BCUT2D eigenvalue weighted by Gasteiger charge is 2.30. The second kappa shape index (κ2) is 12.1. The number of nitrogens with one attached hydrogen (secondary N) is 1. The number of aryl methyl sites for hydroxylation is 2. The normalized spacial score (nSPS) is 15.1. The number of hydrogen-bond acceptors (Lipinski definition) is 10. The number of imidazole rings is 1. The molecule has 0 aliphatic carbocycles. The number of likely N-dealkylation sites (N-methyl/N-ethyl adjacent to an activating group) is 1. The van der Waals surface area contributed by atoms with Gasteiger partial charge in [-0.1, -0.05) is 13.8 Å². The Morgan fingerprint density at radius 2 is 1.88 bits per heavy atom. The SMILES string of the molecule is CCc1nn(Cc2nccn2C)c2c(=O)[nH]c(-c3cc(S(=O)(=O)N4CCN(CC)CC4)cnc3OCCOC)nc12. The number of aromatic nitrogens is 7. The average molecular weight is 586 g/mol. The van der Waals surface area contributed by atoms with Crippen molar-refractivity contribution in [3.8, 4) is 17.3 Å². The fourth-order valence-electron chi connectivity index (χ4n) is 4.83. The molecule has 5 rings (SSSR count). The number of piperazine rings is 1. The van der Waals surface area contributed by atoms with Crippen molar-refractivity contribution < 1.29 is 17.9 Å². The molecule has 5 heterocycles. The van der Waals surface area contributed by atoms with E-state index in [2.05, 4.69) is 31.9 Å². The lowest BCUT2D eigenvalue weighted by Crippen LogP contribution is -2.48. The first-order valence-electron chi connectivity index (χ1n) is 13.6. The molecule has 0 amide bonds. The summed E-state index contributed by atoms with van der Waals surface area (Å²) < 4.78 is 43.0. The molecule has 1 fully saturated rings. The summed E-state index contributed by atoms with van der Waals surface area (Å²) in [5, 5.41) is 4.64. The van der Waals surface area contributed by atoms with Crippen molar-refractivity contribution in [2.75, 3.05) is 53.0 Å². The van der Waals surface area contributed by atoms with Gasteiger partial charge in [-0.2, -0.15) is 9.40 Å². The van der Waals surface area contributed by atoms with E-state index in [1.54, 1.807) is 18.0 Å². The molecular weight excluding hydrogens is 550 g/mol. The van der Waals surface area contributed by atoms with E-state index < -0.39 is 15.6 Å². The minimum absolute atomic E-state index is 0.000443. The summed E-state index contributed by atoms with van der Waals surface area (Å²) in [5.41, 5.74) is 1.20. The smallest absolute Gasteiger partial charge is 0.277 e. The molecular formula is C26H35N9O5S. The van der Waals surface area contributed by atoms with Crippen molar-refractivity contribution in [2.24, 2.45) is 7.05 Å². The molecule has 1 saturated heterocycles. The number of pyridine rings is 1. The molecule has 15 heteroatoms. The van der Waals surface area contributed by atoms with Crippen LogP contribution in [0.25, 0.3) is 22.4 Å². The predicted molar refractivity (Wildman–Crippen MR) is 151 cm³/mol. The van der Waals surface area contributed by atoms with Crippen LogP contribution >= 0.6 is 0 Å². The van der Waals surface area contributed by atoms with Crippen molar-refractivity contribution in [1.29, 1.82) is 0 Å². The van der Waals surface area contributed by atoms with Gasteiger partial charge in [0.2, 0.25) is 15.9 Å². The number of aromatic amines is 1. The fourth-order valence-corrected chi connectivity index (χ4v) is 6.22. The van der Waals surface area contributed by atoms with Crippen LogP contribution in [0, 0.1) is 0 Å². The van der Waals surface area contributed by atoms with E-state index in [-0.39, 0.29) is 35.3 Å². The molecule has 0 aromatic carbocycles. The largest absolute Gasteiger partial charge is 0.475 e. The monoisotopic (exact) mass is 585 g/mol. The topological polar surface area (TPSA) is 153 Å². The second-order valence-electron chi connectivity index (χ2n) is 9.73. The lowest BCUT2D eigenvalue weighted by Gasteiger charge is -2.33. The van der Waals surface area contributed by atoms with Gasteiger partial charge in [-0.05, 0) is 19.0 Å². The first-order chi connectivity index (χ1) is 19.8. The summed E-state index contributed by atoms with van der Waals surface area (Å²) >= 11 is 0. The highest BCUT2D eigenvalue weighted by molar-refractivity contribution is 7.89. The number of sulfonamides is 1. The zero-order valence-corrected chi connectivity index (χ0v) is 24.5. The summed E-state index contributed by atoms with van der Waals surface area (Å²) in [6.07, 6.45) is 5.33. The number of ether oxygens (including phenoxy) is 2. The minimum atomic E-state index is -3.84. The van der Waals surface area contributed by atoms with Gasteiger partial charge >= 0.3 is 0 Å². The first kappa shape index (κ1) is 28.9. The van der Waals surface area contributed by atoms with Gasteiger partial charge < -0.3 is 23.9 Å². The zero-order valence-electron chi connectivity index (χ0n) is 23.7. The van der Waals surface area contributed by atoms with Gasteiger partial charge in [0, 0.05) is 52.7 Å². The predicted octanol–water partition coefficient (Wildman–Crippen LogP) is 0.877. The van der Waals surface area contributed by atoms with E-state index in [1.807, 2.05) is 24.7 Å². The van der Waals surface area contributed by atoms with Crippen LogP contribution in [0.1, 0.15) is 25.4 Å². The molecule has 41 heavy (non-hydrogen) atoms. The van der Waals surface area contributed by atoms with Crippen LogP contribution in [0.5, 0.6) is 5.88 Å². The average Bonchev–Trinajstić information content (AvgIpc) is 3.55. The maximum absolute atomic E-state index is 13.6.